The average molecular weight is 1110 g/mol. The molecule has 1 aromatic heterocycles. The number of para-hydroxylation sites is 3. The molecule has 0 saturated carbocycles. The Morgan fingerprint density at radius 3 is 1.83 bits per heavy atom. The fourth-order valence-corrected chi connectivity index (χ4v) is 16.7. The normalized spacial score (nSPS) is 14.4. The molecule has 0 amide bonds. The molecule has 3 nitrogen and oxygen atoms in total. The molecule has 0 bridgehead atoms. The predicted molar refractivity (Wildman–Crippen MR) is 342 cm³/mol. The van der Waals surface area contributed by atoms with Gasteiger partial charge in [-0.15, -0.1) is 0 Å². The van der Waals surface area contributed by atoms with Gasteiger partial charge in [0.1, 0.15) is 11.2 Å². The molecule has 0 radical (unpaired) electrons. The van der Waals surface area contributed by atoms with Crippen LogP contribution < -0.4 is 9.80 Å². The molecular weight excluding hydrogens is 1060 g/mol. The number of hydrogen-bond donors (Lipinski definition) is 0. The summed E-state index contributed by atoms with van der Waals surface area (Å²) in [6, 6.07) is 96.3. The van der Waals surface area contributed by atoms with E-state index in [4.69, 9.17) is 16.0 Å². The lowest BCUT2D eigenvalue weighted by Gasteiger charge is -2.40. The first kappa shape index (κ1) is 47.8. The minimum atomic E-state index is -0.647. The highest BCUT2D eigenvalue weighted by atomic mass is 35.5. The van der Waals surface area contributed by atoms with Gasteiger partial charge < -0.3 is 14.2 Å². The van der Waals surface area contributed by atoms with Gasteiger partial charge in [0.2, 0.25) is 0 Å². The van der Waals surface area contributed by atoms with Crippen LogP contribution in [0, 0.1) is 0 Å². The molecule has 0 fully saturated rings. The maximum Gasteiger partial charge on any atom is 0.143 e. The largest absolute Gasteiger partial charge is 0.455 e. The Morgan fingerprint density at radius 1 is 0.390 bits per heavy atom. The average Bonchev–Trinajstić information content (AvgIpc) is 2.30. The van der Waals surface area contributed by atoms with Crippen LogP contribution in [0.15, 0.2) is 285 Å². The standard InChI is InChI=1S/C76H49ClN2OS2/c1-75(2)61-26-8-6-22-54(61)58-25-17-24-53(73(58)75)46-18-16-21-50(40-46)78(51-36-38-56-55-37-35-48(77)42-64(55)76(65(56)45-51)62-27-9-13-31-69(62)81-70-32-14-10-28-63(70)76)52-43-59(74-60(44-52)57-23-7-12-30-68(57)80-74)47-34-39-67-72(41-47)82-71-33-15-11-29-66(71)79(67)49-19-4-3-5-20-49/h3-45H,1-2H3. The molecule has 82 heavy (non-hydrogen) atoms. The van der Waals surface area contributed by atoms with Crippen molar-refractivity contribution in [2.45, 2.75) is 44.3 Å². The first-order valence-electron chi connectivity index (χ1n) is 28.0. The second kappa shape index (κ2) is 18.0. The summed E-state index contributed by atoms with van der Waals surface area (Å²) in [5.74, 6) is 0. The summed E-state index contributed by atoms with van der Waals surface area (Å²) in [7, 11) is 0. The second-order valence-electron chi connectivity index (χ2n) is 22.4. The van der Waals surface area contributed by atoms with Gasteiger partial charge in [-0.3, -0.25) is 0 Å². The number of hydrogen-bond acceptors (Lipinski definition) is 5. The highest BCUT2D eigenvalue weighted by Crippen LogP contribution is 2.64. The minimum absolute atomic E-state index is 0.203. The highest BCUT2D eigenvalue weighted by Gasteiger charge is 2.51. The van der Waals surface area contributed by atoms with Gasteiger partial charge in [-0.2, -0.15) is 0 Å². The number of benzene rings is 12. The summed E-state index contributed by atoms with van der Waals surface area (Å²) in [5, 5.41) is 2.85. The van der Waals surface area contributed by atoms with E-state index in [1.54, 1.807) is 0 Å². The van der Waals surface area contributed by atoms with Gasteiger partial charge in [0, 0.05) is 69.1 Å². The monoisotopic (exact) mass is 1100 g/mol. The Bertz CT molecular complexity index is 4800. The third-order valence-electron chi connectivity index (χ3n) is 17.7. The van der Waals surface area contributed by atoms with Crippen molar-refractivity contribution in [1.29, 1.82) is 0 Å². The van der Waals surface area contributed by atoms with Crippen LogP contribution in [0.3, 0.4) is 0 Å². The van der Waals surface area contributed by atoms with Crippen molar-refractivity contribution in [2.24, 2.45) is 0 Å². The summed E-state index contributed by atoms with van der Waals surface area (Å²) >= 11 is 10.8. The summed E-state index contributed by atoms with van der Waals surface area (Å²) in [5.41, 5.74) is 24.6. The lowest BCUT2D eigenvalue weighted by atomic mass is 9.67. The number of anilines is 6. The van der Waals surface area contributed by atoms with Crippen molar-refractivity contribution in [3.63, 3.8) is 0 Å². The van der Waals surface area contributed by atoms with E-state index < -0.39 is 5.41 Å². The number of fused-ring (bicyclic) bond motifs is 17. The lowest BCUT2D eigenvalue weighted by Crippen LogP contribution is -2.32. The van der Waals surface area contributed by atoms with Crippen LogP contribution in [0.1, 0.15) is 47.2 Å². The van der Waals surface area contributed by atoms with Crippen molar-refractivity contribution in [1.82, 2.24) is 0 Å². The van der Waals surface area contributed by atoms with E-state index in [9.17, 15) is 0 Å². The molecule has 6 heteroatoms. The maximum absolute atomic E-state index is 7.13. The zero-order chi connectivity index (χ0) is 54.4. The number of furan rings is 1. The van der Waals surface area contributed by atoms with Gasteiger partial charge in [-0.1, -0.05) is 207 Å². The third-order valence-corrected chi connectivity index (χ3v) is 20.2. The van der Waals surface area contributed by atoms with Crippen LogP contribution in [-0.4, -0.2) is 0 Å². The van der Waals surface area contributed by atoms with E-state index in [1.165, 1.54) is 86.5 Å². The number of rotatable bonds is 6. The Morgan fingerprint density at radius 2 is 1.00 bits per heavy atom. The van der Waals surface area contributed by atoms with E-state index in [0.29, 0.717) is 0 Å². The molecule has 3 heterocycles. The predicted octanol–water partition coefficient (Wildman–Crippen LogP) is 22.1. The first-order valence-corrected chi connectivity index (χ1v) is 30.0. The smallest absolute Gasteiger partial charge is 0.143 e. The summed E-state index contributed by atoms with van der Waals surface area (Å²) in [6.45, 7) is 4.76. The lowest BCUT2D eigenvalue weighted by molar-refractivity contribution is 0.662. The molecule has 0 atom stereocenters. The molecule has 1 spiro atoms. The molecule has 2 aliphatic heterocycles. The Balaban J connectivity index is 0.925. The van der Waals surface area contributed by atoms with Gasteiger partial charge in [0.15, 0.2) is 0 Å². The Kier molecular flexibility index (Phi) is 10.5. The van der Waals surface area contributed by atoms with Crippen LogP contribution in [0.4, 0.5) is 34.1 Å². The molecule has 4 aliphatic rings. The maximum atomic E-state index is 7.13. The zero-order valence-corrected chi connectivity index (χ0v) is 47.2. The van der Waals surface area contributed by atoms with E-state index in [-0.39, 0.29) is 5.41 Å². The Hall–Kier alpha value is -8.97. The van der Waals surface area contributed by atoms with E-state index >= 15 is 0 Å². The number of halogens is 1. The molecule has 0 N–H and O–H groups in total. The highest BCUT2D eigenvalue weighted by molar-refractivity contribution is 8.00. The van der Waals surface area contributed by atoms with Crippen LogP contribution >= 0.6 is 35.1 Å². The van der Waals surface area contributed by atoms with Crippen molar-refractivity contribution in [3.05, 3.63) is 299 Å². The second-order valence-corrected chi connectivity index (χ2v) is 25.0. The summed E-state index contributed by atoms with van der Waals surface area (Å²) < 4.78 is 7.04. The van der Waals surface area contributed by atoms with Crippen molar-refractivity contribution in [2.75, 3.05) is 9.80 Å². The molecule has 13 aromatic rings. The van der Waals surface area contributed by atoms with Gasteiger partial charge in [0.05, 0.1) is 16.8 Å². The molecule has 388 valence electrons. The number of nitrogens with zero attached hydrogens (tertiary/aromatic N) is 2. The minimum Gasteiger partial charge on any atom is -0.455 e. The molecule has 0 saturated heterocycles. The molecule has 12 aromatic carbocycles. The fraction of sp³-hybridized carbons (Fsp3) is 0.0526. The third kappa shape index (κ3) is 6.88. The SMILES string of the molecule is CC1(C)c2ccccc2-c2cccc(-c3cccc(N(c4ccc5c(c4)C4(c6ccccc6Sc6ccccc64)c4cc(Cl)ccc4-5)c4cc(-c5ccc6c(c5)Sc5ccccc5N6c5ccccc5)c5oc6ccccc6c5c4)c3)c21. The molecule has 2 aliphatic carbocycles. The van der Waals surface area contributed by atoms with Crippen molar-refractivity contribution >= 4 is 91.2 Å². The van der Waals surface area contributed by atoms with E-state index in [1.807, 2.05) is 29.6 Å². The van der Waals surface area contributed by atoms with Crippen LogP contribution in [0.2, 0.25) is 5.02 Å². The zero-order valence-electron chi connectivity index (χ0n) is 44.8. The van der Waals surface area contributed by atoms with E-state index in [0.717, 1.165) is 72.1 Å². The first-order chi connectivity index (χ1) is 40.3. The molecule has 0 unspecified atom stereocenters. The summed E-state index contributed by atoms with van der Waals surface area (Å²) in [4.78, 5) is 9.77. The van der Waals surface area contributed by atoms with Crippen LogP contribution in [-0.2, 0) is 10.8 Å². The van der Waals surface area contributed by atoms with Crippen molar-refractivity contribution < 1.29 is 4.42 Å². The van der Waals surface area contributed by atoms with Crippen LogP contribution in [0.5, 0.6) is 0 Å². The topological polar surface area (TPSA) is 19.6 Å². The Labute approximate surface area is 490 Å². The van der Waals surface area contributed by atoms with Gasteiger partial charge >= 0.3 is 0 Å². The molecule has 17 rings (SSSR count). The van der Waals surface area contributed by atoms with Gasteiger partial charge in [0.25, 0.3) is 0 Å². The van der Waals surface area contributed by atoms with Gasteiger partial charge in [-0.05, 0) is 175 Å². The molecular formula is C76H49ClN2OS2. The van der Waals surface area contributed by atoms with E-state index in [2.05, 4.69) is 278 Å². The fourth-order valence-electron chi connectivity index (χ4n) is 14.3. The van der Waals surface area contributed by atoms with Crippen molar-refractivity contribution in [3.8, 4) is 44.5 Å². The van der Waals surface area contributed by atoms with Gasteiger partial charge in [-0.25, -0.2) is 0 Å². The quantitative estimate of drug-likeness (QED) is 0.165. The summed E-state index contributed by atoms with van der Waals surface area (Å²) in [6.07, 6.45) is 0. The van der Waals surface area contributed by atoms with Crippen LogP contribution in [0.25, 0.3) is 66.4 Å².